The van der Waals surface area contributed by atoms with Crippen molar-refractivity contribution < 1.29 is 13.2 Å². The van der Waals surface area contributed by atoms with Crippen LogP contribution in [-0.2, 0) is 13.2 Å². The van der Waals surface area contributed by atoms with Crippen LogP contribution in [0.2, 0.25) is 0 Å². The van der Waals surface area contributed by atoms with Gasteiger partial charge in [0.15, 0.2) is 5.82 Å². The summed E-state index contributed by atoms with van der Waals surface area (Å²) in [5.74, 6) is 0.373. The first-order chi connectivity index (χ1) is 15.1. The summed E-state index contributed by atoms with van der Waals surface area (Å²) in [5, 5.41) is 15.2. The van der Waals surface area contributed by atoms with E-state index in [0.29, 0.717) is 34.4 Å². The zero-order valence-corrected chi connectivity index (χ0v) is 17.6. The molecule has 168 valence electrons. The van der Waals surface area contributed by atoms with Crippen LogP contribution in [0.5, 0.6) is 0 Å². The van der Waals surface area contributed by atoms with E-state index >= 15 is 0 Å². The van der Waals surface area contributed by atoms with Gasteiger partial charge in [0, 0.05) is 30.2 Å². The zero-order valence-electron chi connectivity index (χ0n) is 17.6. The Kier molecular flexibility index (Phi) is 5.64. The van der Waals surface area contributed by atoms with Gasteiger partial charge in [-0.1, -0.05) is 6.08 Å². The van der Waals surface area contributed by atoms with Gasteiger partial charge in [-0.15, -0.1) is 5.10 Å². The summed E-state index contributed by atoms with van der Waals surface area (Å²) in [6, 6.07) is 4.69. The molecule has 32 heavy (non-hydrogen) atoms. The van der Waals surface area contributed by atoms with Gasteiger partial charge >= 0.3 is 6.18 Å². The van der Waals surface area contributed by atoms with Crippen LogP contribution in [0.15, 0.2) is 41.3 Å². The molecular weight excluding hydrogens is 421 g/mol. The Morgan fingerprint density at radius 1 is 1.25 bits per heavy atom. The molecule has 7 nitrogen and oxygen atoms in total. The van der Waals surface area contributed by atoms with Crippen LogP contribution in [0, 0.1) is 0 Å². The molecule has 3 aromatic rings. The van der Waals surface area contributed by atoms with Crippen molar-refractivity contribution in [3.63, 3.8) is 0 Å². The fourth-order valence-electron chi connectivity index (χ4n) is 3.87. The normalized spacial score (nSPS) is 15.5. The van der Waals surface area contributed by atoms with E-state index in [1.807, 2.05) is 6.08 Å². The standard InChI is InChI=1S/C22H23F3N6O/c1-12(14-7-15(22(23,24)25)9-16(26)8-14)29-20-18-10-17(13-3-5-27-6-4-13)21(32)31(2)19(18)11-28-30-20/h3,7-12,27H,4-6,26H2,1-2H3,(H,29,30)/t12-/m1/s1. The van der Waals surface area contributed by atoms with Crippen LogP contribution < -0.4 is 21.9 Å². The summed E-state index contributed by atoms with van der Waals surface area (Å²) in [4.78, 5) is 12.9. The molecular formula is C22H23F3N6O. The highest BCUT2D eigenvalue weighted by atomic mass is 19.4. The number of rotatable bonds is 4. The lowest BCUT2D eigenvalue weighted by Gasteiger charge is -2.20. The number of alkyl halides is 3. The molecule has 0 saturated heterocycles. The van der Waals surface area contributed by atoms with Gasteiger partial charge in [0.1, 0.15) is 0 Å². The van der Waals surface area contributed by atoms with Gasteiger partial charge in [0.05, 0.1) is 23.3 Å². The summed E-state index contributed by atoms with van der Waals surface area (Å²) >= 11 is 0. The molecule has 1 aromatic carbocycles. The van der Waals surface area contributed by atoms with Gasteiger partial charge < -0.3 is 20.9 Å². The molecule has 1 aliphatic heterocycles. The molecule has 0 bridgehead atoms. The number of hydrogen-bond acceptors (Lipinski definition) is 6. The lowest BCUT2D eigenvalue weighted by atomic mass is 10.00. The third kappa shape index (κ3) is 4.18. The van der Waals surface area contributed by atoms with E-state index in [2.05, 4.69) is 20.8 Å². The maximum atomic E-state index is 13.2. The van der Waals surface area contributed by atoms with Crippen molar-refractivity contribution >= 4 is 28.0 Å². The summed E-state index contributed by atoms with van der Waals surface area (Å²) in [6.45, 7) is 3.18. The largest absolute Gasteiger partial charge is 0.416 e. The molecule has 0 fully saturated rings. The first-order valence-corrected chi connectivity index (χ1v) is 10.1. The molecule has 1 aliphatic rings. The predicted molar refractivity (Wildman–Crippen MR) is 118 cm³/mol. The van der Waals surface area contributed by atoms with Crippen LogP contribution in [0.1, 0.15) is 36.1 Å². The SMILES string of the molecule is C[C@@H](Nc1nncc2c1cc(C1=CCNCC1)c(=O)n2C)c1cc(N)cc(C(F)(F)F)c1. The molecule has 0 spiro atoms. The van der Waals surface area contributed by atoms with E-state index in [4.69, 9.17) is 5.73 Å². The second-order valence-electron chi connectivity index (χ2n) is 7.85. The number of aromatic nitrogens is 3. The Morgan fingerprint density at radius 2 is 2.03 bits per heavy atom. The number of nitrogen functional groups attached to an aromatic ring is 1. The minimum absolute atomic E-state index is 0.0232. The number of aryl methyl sites for hydroxylation is 1. The van der Waals surface area contributed by atoms with Crippen molar-refractivity contribution in [1.82, 2.24) is 20.1 Å². The number of nitrogens with zero attached hydrogens (tertiary/aromatic N) is 3. The average Bonchev–Trinajstić information content (AvgIpc) is 2.76. The van der Waals surface area contributed by atoms with Gasteiger partial charge in [0.25, 0.3) is 5.56 Å². The predicted octanol–water partition coefficient (Wildman–Crippen LogP) is 3.48. The maximum absolute atomic E-state index is 13.2. The minimum atomic E-state index is -4.50. The van der Waals surface area contributed by atoms with Crippen LogP contribution >= 0.6 is 0 Å². The molecule has 1 atom stereocenters. The number of nitrogens with one attached hydrogen (secondary N) is 2. The minimum Gasteiger partial charge on any atom is -0.399 e. The molecule has 10 heteroatoms. The van der Waals surface area contributed by atoms with Crippen molar-refractivity contribution in [2.45, 2.75) is 25.6 Å². The summed E-state index contributed by atoms with van der Waals surface area (Å²) < 4.78 is 41.1. The number of benzene rings is 1. The number of hydrogen-bond donors (Lipinski definition) is 3. The van der Waals surface area contributed by atoms with Crippen LogP contribution in [0.4, 0.5) is 24.7 Å². The van der Waals surface area contributed by atoms with E-state index in [0.717, 1.165) is 30.7 Å². The van der Waals surface area contributed by atoms with Crippen molar-refractivity contribution in [3.8, 4) is 0 Å². The monoisotopic (exact) mass is 444 g/mol. The highest BCUT2D eigenvalue weighted by molar-refractivity contribution is 5.91. The fraction of sp³-hybridized carbons (Fsp3) is 0.318. The molecule has 3 heterocycles. The van der Waals surface area contributed by atoms with E-state index in [-0.39, 0.29) is 11.2 Å². The Bertz CT molecular complexity index is 1260. The lowest BCUT2D eigenvalue weighted by Crippen LogP contribution is -2.26. The quantitative estimate of drug-likeness (QED) is 0.533. The number of nitrogens with two attached hydrogens (primary N) is 1. The number of anilines is 2. The Hall–Kier alpha value is -3.40. The molecule has 4 N–H and O–H groups in total. The second kappa shape index (κ2) is 8.27. The number of pyridine rings is 1. The highest BCUT2D eigenvalue weighted by Gasteiger charge is 2.31. The first-order valence-electron chi connectivity index (χ1n) is 10.1. The number of halogens is 3. The van der Waals surface area contributed by atoms with E-state index < -0.39 is 17.8 Å². The van der Waals surface area contributed by atoms with Gasteiger partial charge in [-0.05, 0) is 55.3 Å². The molecule has 0 unspecified atom stereocenters. The summed E-state index contributed by atoms with van der Waals surface area (Å²) in [5.41, 5.74) is 7.25. The van der Waals surface area contributed by atoms with E-state index in [1.54, 1.807) is 20.0 Å². The van der Waals surface area contributed by atoms with Crippen molar-refractivity contribution in [2.75, 3.05) is 24.1 Å². The second-order valence-corrected chi connectivity index (χ2v) is 7.85. The molecule has 4 rings (SSSR count). The molecule has 0 aliphatic carbocycles. The van der Waals surface area contributed by atoms with E-state index in [9.17, 15) is 18.0 Å². The lowest BCUT2D eigenvalue weighted by molar-refractivity contribution is -0.137. The van der Waals surface area contributed by atoms with Gasteiger partial charge in [-0.25, -0.2) is 0 Å². The summed E-state index contributed by atoms with van der Waals surface area (Å²) in [6.07, 6.45) is -0.294. The first kappa shape index (κ1) is 21.8. The van der Waals surface area contributed by atoms with Crippen molar-refractivity contribution in [2.24, 2.45) is 7.05 Å². The average molecular weight is 444 g/mol. The van der Waals surface area contributed by atoms with Gasteiger partial charge in [-0.2, -0.15) is 18.3 Å². The van der Waals surface area contributed by atoms with Crippen LogP contribution in [0.3, 0.4) is 0 Å². The third-order valence-corrected chi connectivity index (χ3v) is 5.62. The van der Waals surface area contributed by atoms with Gasteiger partial charge in [0.2, 0.25) is 0 Å². The molecule has 0 radical (unpaired) electrons. The zero-order chi connectivity index (χ0) is 23.0. The van der Waals surface area contributed by atoms with Gasteiger partial charge in [-0.3, -0.25) is 4.79 Å². The maximum Gasteiger partial charge on any atom is 0.416 e. The molecule has 0 saturated carbocycles. The Morgan fingerprint density at radius 3 is 2.72 bits per heavy atom. The van der Waals surface area contributed by atoms with Crippen LogP contribution in [-0.4, -0.2) is 27.9 Å². The topological polar surface area (TPSA) is 97.9 Å². The Labute approximate surface area is 182 Å². The molecule has 2 aromatic heterocycles. The number of fused-ring (bicyclic) bond motifs is 1. The van der Waals surface area contributed by atoms with E-state index in [1.165, 1.54) is 16.8 Å². The van der Waals surface area contributed by atoms with Crippen molar-refractivity contribution in [3.05, 3.63) is 63.6 Å². The molecule has 0 amide bonds. The van der Waals surface area contributed by atoms with Crippen molar-refractivity contribution in [1.29, 1.82) is 0 Å². The Balaban J connectivity index is 1.77. The third-order valence-electron chi connectivity index (χ3n) is 5.62. The smallest absolute Gasteiger partial charge is 0.399 e. The van der Waals surface area contributed by atoms with Crippen LogP contribution in [0.25, 0.3) is 16.5 Å². The summed E-state index contributed by atoms with van der Waals surface area (Å²) in [7, 11) is 1.66. The highest BCUT2D eigenvalue weighted by Crippen LogP contribution is 2.34. The fourth-order valence-corrected chi connectivity index (χ4v) is 3.87.